The van der Waals surface area contributed by atoms with Gasteiger partial charge in [0, 0.05) is 6.61 Å². The molecule has 0 aliphatic carbocycles. The molecule has 35 heavy (non-hydrogen) atoms. The van der Waals surface area contributed by atoms with Crippen LogP contribution in [-0.2, 0) is 18.9 Å². The van der Waals surface area contributed by atoms with Crippen LogP contribution >= 0.6 is 0 Å². The molecule has 0 saturated carbocycles. The minimum atomic E-state index is -1.69. The second-order valence-electron chi connectivity index (χ2n) is 9.56. The molecule has 0 amide bonds. The fourth-order valence-corrected chi connectivity index (χ4v) is 4.48. The fourth-order valence-electron chi connectivity index (χ4n) is 4.48. The van der Waals surface area contributed by atoms with E-state index in [1.165, 1.54) is 44.9 Å². The summed E-state index contributed by atoms with van der Waals surface area (Å²) in [6.45, 7) is 1.31. The van der Waals surface area contributed by atoms with Crippen LogP contribution in [0.1, 0.15) is 71.1 Å². The van der Waals surface area contributed by atoms with Crippen molar-refractivity contribution in [2.45, 2.75) is 133 Å². The highest BCUT2D eigenvalue weighted by atomic mass is 16.7. The van der Waals surface area contributed by atoms with Crippen molar-refractivity contribution in [1.29, 1.82) is 0 Å². The Morgan fingerprint density at radius 2 is 1.09 bits per heavy atom. The number of hydrogen-bond donors (Lipinski definition) is 7. The van der Waals surface area contributed by atoms with E-state index in [4.69, 9.17) is 18.9 Å². The van der Waals surface area contributed by atoms with Gasteiger partial charge < -0.3 is 54.7 Å². The van der Waals surface area contributed by atoms with Crippen molar-refractivity contribution in [3.8, 4) is 0 Å². The quantitative estimate of drug-likeness (QED) is 0.134. The second kappa shape index (κ2) is 16.4. The van der Waals surface area contributed by atoms with Crippen molar-refractivity contribution >= 4 is 0 Å². The van der Waals surface area contributed by atoms with Crippen molar-refractivity contribution in [2.24, 2.45) is 0 Å². The number of hydrogen-bond acceptors (Lipinski definition) is 11. The van der Waals surface area contributed by atoms with Gasteiger partial charge >= 0.3 is 0 Å². The van der Waals surface area contributed by atoms with E-state index in [0.29, 0.717) is 6.61 Å². The normalized spacial score (nSPS) is 38.1. The van der Waals surface area contributed by atoms with Crippen LogP contribution in [0, 0.1) is 0 Å². The summed E-state index contributed by atoms with van der Waals surface area (Å²) in [7, 11) is 0. The molecule has 10 atom stereocenters. The molecule has 6 unspecified atom stereocenters. The zero-order valence-electron chi connectivity index (χ0n) is 20.7. The molecule has 0 aromatic rings. The zero-order chi connectivity index (χ0) is 25.8. The molecule has 2 heterocycles. The third kappa shape index (κ3) is 9.11. The molecule has 2 rings (SSSR count). The van der Waals surface area contributed by atoms with Crippen molar-refractivity contribution in [1.82, 2.24) is 0 Å². The maximum Gasteiger partial charge on any atom is 0.187 e. The Balaban J connectivity index is 1.74. The predicted octanol–water partition coefficient (Wildman–Crippen LogP) is -0.452. The topological polar surface area (TPSA) is 179 Å². The van der Waals surface area contributed by atoms with Crippen LogP contribution in [0.15, 0.2) is 0 Å². The van der Waals surface area contributed by atoms with E-state index in [0.717, 1.165) is 19.3 Å². The lowest BCUT2D eigenvalue weighted by Crippen LogP contribution is -2.64. The van der Waals surface area contributed by atoms with Crippen molar-refractivity contribution in [2.75, 3.05) is 19.8 Å². The first kappa shape index (κ1) is 30.8. The smallest absolute Gasteiger partial charge is 0.187 e. The molecular formula is C24H46O11. The van der Waals surface area contributed by atoms with Gasteiger partial charge in [0.25, 0.3) is 0 Å². The standard InChI is InChI=1S/C24H46O11/c1-2-3-4-5-6-7-8-9-10-11-12-32-23-21(31)19(29)22(16(14-26)34-23)35-24-20(30)18(28)17(27)15(13-25)33-24/h15-31H,2-14H2,1H3/t15?,16?,17-,18?,19?,20?,21?,22+,23+,24-/m0/s1. The molecule has 208 valence electrons. The van der Waals surface area contributed by atoms with Gasteiger partial charge in [-0.15, -0.1) is 0 Å². The highest BCUT2D eigenvalue weighted by molar-refractivity contribution is 4.94. The molecule has 2 aliphatic heterocycles. The van der Waals surface area contributed by atoms with Gasteiger partial charge in [0.05, 0.1) is 13.2 Å². The average molecular weight is 511 g/mol. The summed E-state index contributed by atoms with van der Waals surface area (Å²) in [6, 6.07) is 0. The molecule has 2 saturated heterocycles. The Hall–Kier alpha value is -0.440. The average Bonchev–Trinajstić information content (AvgIpc) is 2.86. The first-order valence-electron chi connectivity index (χ1n) is 13.1. The van der Waals surface area contributed by atoms with Gasteiger partial charge in [0.1, 0.15) is 48.8 Å². The molecule has 2 fully saturated rings. The highest BCUT2D eigenvalue weighted by Crippen LogP contribution is 2.29. The molecule has 0 spiro atoms. The van der Waals surface area contributed by atoms with E-state index < -0.39 is 74.6 Å². The SMILES string of the molecule is CCCCCCCCCCCCO[C@@H]1OC(CO)[C@@H](O[C@@H]2OC(CO)[C@H](O)C(O)C2O)C(O)C1O. The third-order valence-corrected chi connectivity index (χ3v) is 6.74. The first-order chi connectivity index (χ1) is 16.8. The Labute approximate surface area is 207 Å². The van der Waals surface area contributed by atoms with Gasteiger partial charge in [-0.05, 0) is 6.42 Å². The van der Waals surface area contributed by atoms with Crippen LogP contribution in [0.5, 0.6) is 0 Å². The molecule has 11 heteroatoms. The van der Waals surface area contributed by atoms with Gasteiger partial charge in [0.15, 0.2) is 12.6 Å². The fraction of sp³-hybridized carbons (Fsp3) is 1.00. The summed E-state index contributed by atoms with van der Waals surface area (Å²) in [5.74, 6) is 0. The summed E-state index contributed by atoms with van der Waals surface area (Å²) in [6.07, 6.45) is -2.63. The van der Waals surface area contributed by atoms with Gasteiger partial charge in [-0.2, -0.15) is 0 Å². The summed E-state index contributed by atoms with van der Waals surface area (Å²) < 4.78 is 22.0. The number of aliphatic hydroxyl groups is 7. The molecular weight excluding hydrogens is 464 g/mol. The van der Waals surface area contributed by atoms with Gasteiger partial charge in [-0.25, -0.2) is 0 Å². The van der Waals surface area contributed by atoms with Crippen LogP contribution in [0.25, 0.3) is 0 Å². The van der Waals surface area contributed by atoms with Crippen LogP contribution in [-0.4, -0.2) is 117 Å². The Morgan fingerprint density at radius 3 is 1.66 bits per heavy atom. The van der Waals surface area contributed by atoms with Crippen molar-refractivity contribution in [3.63, 3.8) is 0 Å². The summed E-state index contributed by atoms with van der Waals surface area (Å²) in [5.41, 5.74) is 0. The molecule has 0 aromatic carbocycles. The number of rotatable bonds is 16. The zero-order valence-corrected chi connectivity index (χ0v) is 20.7. The largest absolute Gasteiger partial charge is 0.394 e. The van der Waals surface area contributed by atoms with E-state index in [9.17, 15) is 35.7 Å². The lowest BCUT2D eigenvalue weighted by atomic mass is 9.97. The van der Waals surface area contributed by atoms with Gasteiger partial charge in [0.2, 0.25) is 0 Å². The Bertz CT molecular complexity index is 550. The van der Waals surface area contributed by atoms with E-state index in [-0.39, 0.29) is 0 Å². The summed E-state index contributed by atoms with van der Waals surface area (Å²) in [5, 5.41) is 70.1. The van der Waals surface area contributed by atoms with E-state index in [1.54, 1.807) is 0 Å². The minimum absolute atomic E-state index is 0.321. The predicted molar refractivity (Wildman–Crippen MR) is 124 cm³/mol. The Morgan fingerprint density at radius 1 is 0.571 bits per heavy atom. The summed E-state index contributed by atoms with van der Waals surface area (Å²) in [4.78, 5) is 0. The number of unbranched alkanes of at least 4 members (excludes halogenated alkanes) is 9. The Kier molecular flexibility index (Phi) is 14.4. The lowest BCUT2D eigenvalue weighted by Gasteiger charge is -2.45. The minimum Gasteiger partial charge on any atom is -0.394 e. The van der Waals surface area contributed by atoms with Crippen LogP contribution in [0.2, 0.25) is 0 Å². The number of ether oxygens (including phenoxy) is 4. The molecule has 0 radical (unpaired) electrons. The molecule has 7 N–H and O–H groups in total. The van der Waals surface area contributed by atoms with E-state index >= 15 is 0 Å². The monoisotopic (exact) mass is 510 g/mol. The van der Waals surface area contributed by atoms with Crippen LogP contribution < -0.4 is 0 Å². The number of aliphatic hydroxyl groups excluding tert-OH is 7. The van der Waals surface area contributed by atoms with Gasteiger partial charge in [-0.1, -0.05) is 64.7 Å². The highest BCUT2D eigenvalue weighted by Gasteiger charge is 2.50. The lowest BCUT2D eigenvalue weighted by molar-refractivity contribution is -0.359. The maximum atomic E-state index is 10.6. The summed E-state index contributed by atoms with van der Waals surface area (Å²) >= 11 is 0. The maximum absolute atomic E-state index is 10.6. The molecule has 2 aliphatic rings. The third-order valence-electron chi connectivity index (χ3n) is 6.74. The van der Waals surface area contributed by atoms with Crippen LogP contribution in [0.4, 0.5) is 0 Å². The van der Waals surface area contributed by atoms with Crippen LogP contribution in [0.3, 0.4) is 0 Å². The molecule has 0 aromatic heterocycles. The second-order valence-corrected chi connectivity index (χ2v) is 9.56. The molecule has 0 bridgehead atoms. The van der Waals surface area contributed by atoms with E-state index in [2.05, 4.69) is 6.92 Å². The van der Waals surface area contributed by atoms with Crippen molar-refractivity contribution < 1.29 is 54.7 Å². The van der Waals surface area contributed by atoms with Crippen molar-refractivity contribution in [3.05, 3.63) is 0 Å². The molecule has 11 nitrogen and oxygen atoms in total. The first-order valence-corrected chi connectivity index (χ1v) is 13.1. The van der Waals surface area contributed by atoms with Gasteiger partial charge in [-0.3, -0.25) is 0 Å². The van der Waals surface area contributed by atoms with E-state index in [1.807, 2.05) is 0 Å².